The van der Waals surface area contributed by atoms with E-state index in [1.54, 1.807) is 0 Å². The van der Waals surface area contributed by atoms with Crippen LogP contribution in [0.4, 0.5) is 0 Å². The number of nitrogens with zero attached hydrogens (tertiary/aromatic N) is 1. The first kappa shape index (κ1) is 17.0. The summed E-state index contributed by atoms with van der Waals surface area (Å²) in [6.07, 6.45) is 0.593. The summed E-state index contributed by atoms with van der Waals surface area (Å²) in [6, 6.07) is -0.0229. The Morgan fingerprint density at radius 3 is 2.60 bits per heavy atom. The summed E-state index contributed by atoms with van der Waals surface area (Å²) in [5, 5.41) is 6.15. The van der Waals surface area contributed by atoms with Gasteiger partial charge in [0.25, 0.3) is 0 Å². The monoisotopic (exact) mass is 287 g/mol. The van der Waals surface area contributed by atoms with Crippen LogP contribution in [0.3, 0.4) is 0 Å². The molecule has 1 aliphatic rings. The molecular weight excluding hydrogens is 258 g/mol. The van der Waals surface area contributed by atoms with Gasteiger partial charge in [-0.05, 0) is 6.92 Å². The van der Waals surface area contributed by atoms with E-state index in [4.69, 9.17) is 27.7 Å². The molecule has 118 valence electrons. The SMILES string of the molecule is CCN(/C(NC)=C(\N)CN)[C@H]1C[C@@H](N)C(CNCN)O1. The van der Waals surface area contributed by atoms with Gasteiger partial charge in [0.05, 0.1) is 11.8 Å². The molecule has 0 saturated carbocycles. The topological polar surface area (TPSA) is 141 Å². The molecular formula is C12H29N7O. The van der Waals surface area contributed by atoms with Crippen LogP contribution in [0.1, 0.15) is 13.3 Å². The van der Waals surface area contributed by atoms with Crippen LogP contribution in [0.5, 0.6) is 0 Å². The van der Waals surface area contributed by atoms with Crippen molar-refractivity contribution in [3.8, 4) is 0 Å². The molecule has 20 heavy (non-hydrogen) atoms. The molecule has 1 aliphatic heterocycles. The minimum Gasteiger partial charge on any atom is -0.398 e. The molecule has 0 aromatic heterocycles. The molecule has 1 fully saturated rings. The maximum Gasteiger partial charge on any atom is 0.133 e. The molecule has 0 radical (unpaired) electrons. The maximum atomic E-state index is 6.13. The third-order valence-electron chi connectivity index (χ3n) is 3.51. The smallest absolute Gasteiger partial charge is 0.133 e. The molecule has 8 nitrogen and oxygen atoms in total. The quantitative estimate of drug-likeness (QED) is 0.271. The summed E-state index contributed by atoms with van der Waals surface area (Å²) in [4.78, 5) is 2.06. The van der Waals surface area contributed by atoms with Crippen molar-refractivity contribution in [1.82, 2.24) is 15.5 Å². The Morgan fingerprint density at radius 2 is 2.10 bits per heavy atom. The molecule has 1 rings (SSSR count). The van der Waals surface area contributed by atoms with Crippen LogP contribution in [-0.2, 0) is 4.74 Å². The van der Waals surface area contributed by atoms with E-state index in [0.29, 0.717) is 25.5 Å². The summed E-state index contributed by atoms with van der Waals surface area (Å²) >= 11 is 0. The Labute approximate surface area is 120 Å². The number of hydrogen-bond acceptors (Lipinski definition) is 8. The van der Waals surface area contributed by atoms with Gasteiger partial charge in [-0.2, -0.15) is 0 Å². The molecule has 3 atom stereocenters. The second kappa shape index (κ2) is 8.28. The van der Waals surface area contributed by atoms with Crippen molar-refractivity contribution < 1.29 is 4.74 Å². The average Bonchev–Trinajstić information content (AvgIpc) is 2.82. The van der Waals surface area contributed by atoms with Gasteiger partial charge in [0, 0.05) is 45.8 Å². The van der Waals surface area contributed by atoms with E-state index in [-0.39, 0.29) is 18.4 Å². The first-order valence-corrected chi connectivity index (χ1v) is 7.03. The first-order valence-electron chi connectivity index (χ1n) is 7.03. The molecule has 1 unspecified atom stereocenters. The van der Waals surface area contributed by atoms with Gasteiger partial charge in [-0.25, -0.2) is 0 Å². The lowest BCUT2D eigenvalue weighted by Crippen LogP contribution is -2.42. The van der Waals surface area contributed by atoms with E-state index in [2.05, 4.69) is 15.5 Å². The van der Waals surface area contributed by atoms with E-state index in [1.165, 1.54) is 0 Å². The third kappa shape index (κ3) is 3.97. The van der Waals surface area contributed by atoms with E-state index in [1.807, 2.05) is 14.0 Å². The van der Waals surface area contributed by atoms with Crippen LogP contribution < -0.4 is 33.6 Å². The number of hydrogen-bond donors (Lipinski definition) is 6. The number of nitrogens with one attached hydrogen (secondary N) is 2. The molecule has 0 aliphatic carbocycles. The Kier molecular flexibility index (Phi) is 7.03. The lowest BCUT2D eigenvalue weighted by molar-refractivity contribution is -0.0399. The average molecular weight is 287 g/mol. The van der Waals surface area contributed by atoms with E-state index in [0.717, 1.165) is 18.8 Å². The van der Waals surface area contributed by atoms with Crippen molar-refractivity contribution in [2.45, 2.75) is 31.7 Å². The van der Waals surface area contributed by atoms with Crippen LogP contribution >= 0.6 is 0 Å². The molecule has 1 heterocycles. The summed E-state index contributed by atoms with van der Waals surface area (Å²) < 4.78 is 6.02. The fraction of sp³-hybridized carbons (Fsp3) is 0.833. The zero-order chi connectivity index (χ0) is 15.1. The minimum atomic E-state index is -0.105. The van der Waals surface area contributed by atoms with Gasteiger partial charge >= 0.3 is 0 Å². The first-order chi connectivity index (χ1) is 9.58. The van der Waals surface area contributed by atoms with Crippen LogP contribution in [0.15, 0.2) is 11.5 Å². The highest BCUT2D eigenvalue weighted by Crippen LogP contribution is 2.24. The molecule has 0 bridgehead atoms. The second-order valence-corrected chi connectivity index (χ2v) is 4.80. The summed E-state index contributed by atoms with van der Waals surface area (Å²) in [5.74, 6) is 0.805. The van der Waals surface area contributed by atoms with Gasteiger partial charge in [0.15, 0.2) is 0 Å². The Bertz CT molecular complexity index is 323. The largest absolute Gasteiger partial charge is 0.398 e. The predicted octanol–water partition coefficient (Wildman–Crippen LogP) is -2.44. The Morgan fingerprint density at radius 1 is 1.40 bits per heavy atom. The van der Waals surface area contributed by atoms with Gasteiger partial charge < -0.3 is 43.2 Å². The van der Waals surface area contributed by atoms with E-state index >= 15 is 0 Å². The molecule has 8 heteroatoms. The highest BCUT2D eigenvalue weighted by atomic mass is 16.5. The summed E-state index contributed by atoms with van der Waals surface area (Å²) in [6.45, 7) is 4.16. The molecule has 0 aromatic rings. The third-order valence-corrected chi connectivity index (χ3v) is 3.51. The van der Waals surface area contributed by atoms with Crippen molar-refractivity contribution >= 4 is 0 Å². The summed E-state index contributed by atoms with van der Waals surface area (Å²) in [5.41, 5.74) is 23.7. The van der Waals surface area contributed by atoms with Crippen molar-refractivity contribution in [3.05, 3.63) is 11.5 Å². The van der Waals surface area contributed by atoms with Gasteiger partial charge in [0.1, 0.15) is 12.0 Å². The standard InChI is InChI=1S/C12H29N7O/c1-3-19(12(17-2)9(16)5-13)11-4-8(15)10(20-11)6-18-7-14/h8,10-11,17-18H,3-7,13-16H2,1-2H3/b12-9-/t8-,10?,11-/m1/s1. The van der Waals surface area contributed by atoms with E-state index < -0.39 is 0 Å². The fourth-order valence-corrected chi connectivity index (χ4v) is 2.46. The van der Waals surface area contributed by atoms with Crippen molar-refractivity contribution in [2.75, 3.05) is 33.4 Å². The minimum absolute atomic E-state index is 0.0229. The van der Waals surface area contributed by atoms with Crippen LogP contribution in [0.25, 0.3) is 0 Å². The summed E-state index contributed by atoms with van der Waals surface area (Å²) in [7, 11) is 1.82. The van der Waals surface area contributed by atoms with Crippen molar-refractivity contribution in [1.29, 1.82) is 0 Å². The second-order valence-electron chi connectivity index (χ2n) is 4.80. The van der Waals surface area contributed by atoms with Gasteiger partial charge in [-0.3, -0.25) is 0 Å². The normalized spacial score (nSPS) is 27.4. The molecule has 10 N–H and O–H groups in total. The number of ether oxygens (including phenoxy) is 1. The lowest BCUT2D eigenvalue weighted by atomic mass is 10.1. The van der Waals surface area contributed by atoms with Gasteiger partial charge in [-0.1, -0.05) is 0 Å². The van der Waals surface area contributed by atoms with Gasteiger partial charge in [0.2, 0.25) is 0 Å². The zero-order valence-corrected chi connectivity index (χ0v) is 12.4. The van der Waals surface area contributed by atoms with Crippen molar-refractivity contribution in [3.63, 3.8) is 0 Å². The Hall–Kier alpha value is -1.06. The zero-order valence-electron chi connectivity index (χ0n) is 12.4. The fourth-order valence-electron chi connectivity index (χ4n) is 2.46. The highest BCUT2D eigenvalue weighted by molar-refractivity contribution is 5.10. The van der Waals surface area contributed by atoms with E-state index in [9.17, 15) is 0 Å². The van der Waals surface area contributed by atoms with Crippen LogP contribution in [0.2, 0.25) is 0 Å². The number of nitrogens with two attached hydrogens (primary N) is 4. The predicted molar refractivity (Wildman–Crippen MR) is 80.0 cm³/mol. The van der Waals surface area contributed by atoms with Crippen LogP contribution in [-0.4, -0.2) is 56.6 Å². The molecule has 0 aromatic carbocycles. The lowest BCUT2D eigenvalue weighted by Gasteiger charge is -2.32. The highest BCUT2D eigenvalue weighted by Gasteiger charge is 2.36. The molecule has 1 saturated heterocycles. The Balaban J connectivity index is 2.77. The van der Waals surface area contributed by atoms with Gasteiger partial charge in [-0.15, -0.1) is 0 Å². The maximum absolute atomic E-state index is 6.13. The van der Waals surface area contributed by atoms with Crippen LogP contribution in [0, 0.1) is 0 Å². The molecule has 0 spiro atoms. The number of rotatable bonds is 8. The van der Waals surface area contributed by atoms with Crippen molar-refractivity contribution in [2.24, 2.45) is 22.9 Å². The molecule has 0 amide bonds.